The number of benzene rings is 1. The molecule has 7 heteroatoms. The molecule has 106 valence electrons. The second-order valence-electron chi connectivity index (χ2n) is 4.29. The van der Waals surface area contributed by atoms with Gasteiger partial charge in [0.1, 0.15) is 11.6 Å². The molecule has 0 spiro atoms. The lowest BCUT2D eigenvalue weighted by atomic mass is 10.1. The number of carbonyl (C=O) groups is 1. The monoisotopic (exact) mass is 298 g/mol. The molecule has 1 atom stereocenters. The maximum absolute atomic E-state index is 13.7. The molecule has 0 bridgehead atoms. The van der Waals surface area contributed by atoms with E-state index in [1.54, 1.807) is 12.4 Å². The Kier molecular flexibility index (Phi) is 3.99. The molecule has 4 nitrogen and oxygen atoms in total. The summed E-state index contributed by atoms with van der Waals surface area (Å²) in [7, 11) is 0. The zero-order valence-electron chi connectivity index (χ0n) is 10.8. The first kappa shape index (κ1) is 14.4. The van der Waals surface area contributed by atoms with Crippen LogP contribution in [-0.2, 0) is 0 Å². The first-order valence-electron chi connectivity index (χ1n) is 5.79. The fourth-order valence-corrected chi connectivity index (χ4v) is 2.66. The van der Waals surface area contributed by atoms with E-state index in [4.69, 9.17) is 5.11 Å². The van der Waals surface area contributed by atoms with Crippen LogP contribution in [0.15, 0.2) is 17.6 Å². The van der Waals surface area contributed by atoms with Crippen molar-refractivity contribution in [2.24, 2.45) is 0 Å². The average molecular weight is 298 g/mol. The Hall–Kier alpha value is -2.02. The number of carboxylic acid groups (broad SMARTS) is 1. The second kappa shape index (κ2) is 5.54. The molecule has 2 rings (SSSR count). The van der Waals surface area contributed by atoms with Crippen molar-refractivity contribution in [3.63, 3.8) is 0 Å². The number of anilines is 1. The lowest BCUT2D eigenvalue weighted by Gasteiger charge is -2.15. The van der Waals surface area contributed by atoms with E-state index < -0.39 is 23.2 Å². The van der Waals surface area contributed by atoms with Crippen molar-refractivity contribution in [2.45, 2.75) is 19.9 Å². The maximum atomic E-state index is 13.7. The highest BCUT2D eigenvalue weighted by atomic mass is 32.1. The molecule has 0 aliphatic carbocycles. The third-order valence-corrected chi connectivity index (χ3v) is 3.95. The van der Waals surface area contributed by atoms with Crippen LogP contribution < -0.4 is 5.32 Å². The SMILES string of the molecule is Cc1ncsc1C(C)Nc1cc(C(=O)O)c(F)cc1F. The first-order valence-corrected chi connectivity index (χ1v) is 6.67. The fraction of sp³-hybridized carbons (Fsp3) is 0.231. The van der Waals surface area contributed by atoms with E-state index in [1.807, 2.05) is 6.92 Å². The van der Waals surface area contributed by atoms with Crippen LogP contribution in [0.4, 0.5) is 14.5 Å². The van der Waals surface area contributed by atoms with Crippen LogP contribution in [0.5, 0.6) is 0 Å². The van der Waals surface area contributed by atoms with Crippen LogP contribution >= 0.6 is 11.3 Å². The smallest absolute Gasteiger partial charge is 0.338 e. The number of aryl methyl sites for hydroxylation is 1. The molecule has 0 saturated heterocycles. The van der Waals surface area contributed by atoms with Crippen molar-refractivity contribution >= 4 is 23.0 Å². The summed E-state index contributed by atoms with van der Waals surface area (Å²) in [5, 5.41) is 11.7. The second-order valence-corrected chi connectivity index (χ2v) is 5.17. The molecule has 0 saturated carbocycles. The Labute approximate surface area is 118 Å². The van der Waals surface area contributed by atoms with Gasteiger partial charge in [0.05, 0.1) is 28.5 Å². The predicted molar refractivity (Wildman–Crippen MR) is 72.2 cm³/mol. The predicted octanol–water partition coefficient (Wildman–Crippen LogP) is 3.60. The summed E-state index contributed by atoms with van der Waals surface area (Å²) < 4.78 is 27.0. The van der Waals surface area contributed by atoms with E-state index in [-0.39, 0.29) is 11.7 Å². The molecular weight excluding hydrogens is 286 g/mol. The van der Waals surface area contributed by atoms with Gasteiger partial charge in [0.15, 0.2) is 0 Å². The lowest BCUT2D eigenvalue weighted by Crippen LogP contribution is -2.10. The number of hydrogen-bond donors (Lipinski definition) is 2. The normalized spacial score (nSPS) is 12.2. The van der Waals surface area contributed by atoms with Gasteiger partial charge in [-0.05, 0) is 19.9 Å². The zero-order chi connectivity index (χ0) is 14.9. The maximum Gasteiger partial charge on any atom is 0.338 e. The molecule has 0 aliphatic rings. The molecular formula is C13H12F2N2O2S. The molecule has 0 fully saturated rings. The van der Waals surface area contributed by atoms with Crippen LogP contribution in [0.3, 0.4) is 0 Å². The van der Waals surface area contributed by atoms with Crippen molar-refractivity contribution in [3.8, 4) is 0 Å². The highest BCUT2D eigenvalue weighted by Gasteiger charge is 2.18. The number of halogens is 2. The number of nitrogens with zero attached hydrogens (tertiary/aromatic N) is 1. The Morgan fingerprint density at radius 1 is 1.40 bits per heavy atom. The summed E-state index contributed by atoms with van der Waals surface area (Å²) in [5.41, 5.74) is 1.87. The Morgan fingerprint density at radius 2 is 2.10 bits per heavy atom. The number of rotatable bonds is 4. The lowest BCUT2D eigenvalue weighted by molar-refractivity contribution is 0.0692. The topological polar surface area (TPSA) is 62.2 Å². The standard InChI is InChI=1S/C13H12F2N2O2S/c1-6-12(20-5-16-6)7(2)17-11-3-8(13(18)19)9(14)4-10(11)15/h3-5,7,17H,1-2H3,(H,18,19). The summed E-state index contributed by atoms with van der Waals surface area (Å²) in [6.45, 7) is 3.62. The third-order valence-electron chi connectivity index (χ3n) is 2.84. The minimum atomic E-state index is -1.44. The zero-order valence-corrected chi connectivity index (χ0v) is 11.6. The molecule has 2 N–H and O–H groups in total. The Balaban J connectivity index is 2.32. The van der Waals surface area contributed by atoms with Gasteiger partial charge in [-0.25, -0.2) is 18.6 Å². The highest BCUT2D eigenvalue weighted by molar-refractivity contribution is 7.09. The van der Waals surface area contributed by atoms with Crippen LogP contribution in [0.1, 0.15) is 33.9 Å². The van der Waals surface area contributed by atoms with Gasteiger partial charge in [0, 0.05) is 10.9 Å². The largest absolute Gasteiger partial charge is 0.478 e. The minimum absolute atomic E-state index is 0.0518. The molecule has 0 radical (unpaired) electrons. The summed E-state index contributed by atoms with van der Waals surface area (Å²) in [6, 6.07) is 1.27. The summed E-state index contributed by atoms with van der Waals surface area (Å²) >= 11 is 1.41. The number of hydrogen-bond acceptors (Lipinski definition) is 4. The van der Waals surface area contributed by atoms with Gasteiger partial charge in [-0.1, -0.05) is 0 Å². The van der Waals surface area contributed by atoms with E-state index in [2.05, 4.69) is 10.3 Å². The van der Waals surface area contributed by atoms with Crippen molar-refractivity contribution in [2.75, 3.05) is 5.32 Å². The van der Waals surface area contributed by atoms with Crippen molar-refractivity contribution in [1.29, 1.82) is 0 Å². The summed E-state index contributed by atoms with van der Waals surface area (Å²) in [5.74, 6) is -3.36. The van der Waals surface area contributed by atoms with Crippen molar-refractivity contribution in [3.05, 3.63) is 45.4 Å². The van der Waals surface area contributed by atoms with E-state index >= 15 is 0 Å². The van der Waals surface area contributed by atoms with E-state index in [9.17, 15) is 13.6 Å². The van der Waals surface area contributed by atoms with Crippen LogP contribution in [0.25, 0.3) is 0 Å². The molecule has 1 aromatic heterocycles. The van der Waals surface area contributed by atoms with Crippen LogP contribution in [-0.4, -0.2) is 16.1 Å². The third kappa shape index (κ3) is 2.77. The molecule has 0 amide bonds. The van der Waals surface area contributed by atoms with E-state index in [0.29, 0.717) is 6.07 Å². The Morgan fingerprint density at radius 3 is 2.65 bits per heavy atom. The number of carboxylic acids is 1. The van der Waals surface area contributed by atoms with Gasteiger partial charge in [-0.15, -0.1) is 11.3 Å². The van der Waals surface area contributed by atoms with Gasteiger partial charge in [0.25, 0.3) is 0 Å². The van der Waals surface area contributed by atoms with Gasteiger partial charge in [-0.2, -0.15) is 0 Å². The fourth-order valence-electron chi connectivity index (χ4n) is 1.85. The highest BCUT2D eigenvalue weighted by Crippen LogP contribution is 2.27. The summed E-state index contributed by atoms with van der Waals surface area (Å²) in [4.78, 5) is 15.9. The number of aromatic carboxylic acids is 1. The molecule has 0 aliphatic heterocycles. The van der Waals surface area contributed by atoms with Crippen molar-refractivity contribution in [1.82, 2.24) is 4.98 Å². The van der Waals surface area contributed by atoms with Gasteiger partial charge >= 0.3 is 5.97 Å². The minimum Gasteiger partial charge on any atom is -0.478 e. The molecule has 1 unspecified atom stereocenters. The first-order chi connectivity index (χ1) is 9.40. The summed E-state index contributed by atoms with van der Waals surface area (Å²) in [6.07, 6.45) is 0. The Bertz CT molecular complexity index is 658. The van der Waals surface area contributed by atoms with Gasteiger partial charge in [-0.3, -0.25) is 0 Å². The molecule has 2 aromatic rings. The number of thiazole rings is 1. The number of aromatic nitrogens is 1. The molecule has 20 heavy (non-hydrogen) atoms. The average Bonchev–Trinajstić information content (AvgIpc) is 2.78. The van der Waals surface area contributed by atoms with Crippen LogP contribution in [0.2, 0.25) is 0 Å². The van der Waals surface area contributed by atoms with E-state index in [1.165, 1.54) is 11.3 Å². The van der Waals surface area contributed by atoms with Crippen molar-refractivity contribution < 1.29 is 18.7 Å². The number of nitrogens with one attached hydrogen (secondary N) is 1. The van der Waals surface area contributed by atoms with Crippen LogP contribution in [0, 0.1) is 18.6 Å². The molecule has 1 heterocycles. The van der Waals surface area contributed by atoms with Gasteiger partial charge < -0.3 is 10.4 Å². The van der Waals surface area contributed by atoms with E-state index in [0.717, 1.165) is 16.6 Å². The molecule has 1 aromatic carbocycles. The van der Waals surface area contributed by atoms with Gasteiger partial charge in [0.2, 0.25) is 0 Å². The quantitative estimate of drug-likeness (QED) is 0.905.